The van der Waals surface area contributed by atoms with Crippen molar-refractivity contribution in [1.82, 2.24) is 10.6 Å². The van der Waals surface area contributed by atoms with Gasteiger partial charge in [-0.05, 0) is 24.6 Å². The molecule has 0 aliphatic carbocycles. The monoisotopic (exact) mass is 324 g/mol. The van der Waals surface area contributed by atoms with E-state index in [0.29, 0.717) is 30.0 Å². The van der Waals surface area contributed by atoms with Gasteiger partial charge in [0, 0.05) is 30.6 Å². The molecule has 24 heavy (non-hydrogen) atoms. The summed E-state index contributed by atoms with van der Waals surface area (Å²) in [5, 5.41) is 5.39. The van der Waals surface area contributed by atoms with E-state index >= 15 is 0 Å². The van der Waals surface area contributed by atoms with E-state index in [0.717, 1.165) is 11.1 Å². The minimum absolute atomic E-state index is 0.0129. The molecule has 2 aromatic rings. The van der Waals surface area contributed by atoms with Crippen LogP contribution in [0, 0.1) is 0 Å². The van der Waals surface area contributed by atoms with Gasteiger partial charge in [0.1, 0.15) is 5.75 Å². The molecule has 0 unspecified atom stereocenters. The van der Waals surface area contributed by atoms with Crippen molar-refractivity contribution in [3.63, 3.8) is 0 Å². The van der Waals surface area contributed by atoms with Gasteiger partial charge < -0.3 is 15.4 Å². The smallest absolute Gasteiger partial charge is 0.254 e. The molecule has 0 spiro atoms. The van der Waals surface area contributed by atoms with Crippen molar-refractivity contribution in [3.05, 3.63) is 64.7 Å². The van der Waals surface area contributed by atoms with E-state index in [4.69, 9.17) is 4.74 Å². The molecule has 2 amide bonds. The van der Waals surface area contributed by atoms with Crippen molar-refractivity contribution in [1.29, 1.82) is 0 Å². The molecular weight excluding hydrogens is 304 g/mol. The lowest BCUT2D eigenvalue weighted by molar-refractivity contribution is 0.0955. The summed E-state index contributed by atoms with van der Waals surface area (Å²) >= 11 is 0. The van der Waals surface area contributed by atoms with Crippen molar-refractivity contribution < 1.29 is 14.3 Å². The normalized spacial score (nSPS) is 15.3. The van der Waals surface area contributed by atoms with Crippen LogP contribution in [0.3, 0.4) is 0 Å². The molecule has 124 valence electrons. The topological polar surface area (TPSA) is 67.4 Å². The summed E-state index contributed by atoms with van der Waals surface area (Å²) < 4.78 is 5.82. The van der Waals surface area contributed by atoms with E-state index in [9.17, 15) is 9.59 Å². The van der Waals surface area contributed by atoms with Crippen molar-refractivity contribution >= 4 is 11.8 Å². The highest BCUT2D eigenvalue weighted by atomic mass is 16.5. The molecule has 1 aliphatic rings. The molecule has 0 fully saturated rings. The lowest BCUT2D eigenvalue weighted by atomic mass is 9.90. The number of hydrogen-bond acceptors (Lipinski definition) is 3. The molecule has 2 aromatic carbocycles. The predicted octanol–water partition coefficient (Wildman–Crippen LogP) is 2.32. The molecule has 0 radical (unpaired) electrons. The third kappa shape index (κ3) is 2.85. The Labute approximate surface area is 141 Å². The predicted molar refractivity (Wildman–Crippen MR) is 91.6 cm³/mol. The highest BCUT2D eigenvalue weighted by Gasteiger charge is 2.31. The van der Waals surface area contributed by atoms with Crippen LogP contribution in [0.25, 0.3) is 0 Å². The summed E-state index contributed by atoms with van der Waals surface area (Å²) in [6.45, 7) is 2.85. The van der Waals surface area contributed by atoms with Crippen molar-refractivity contribution in [2.24, 2.45) is 0 Å². The van der Waals surface area contributed by atoms with Crippen molar-refractivity contribution in [2.45, 2.75) is 12.8 Å². The van der Waals surface area contributed by atoms with Crippen LogP contribution in [0.4, 0.5) is 0 Å². The van der Waals surface area contributed by atoms with Crippen molar-refractivity contribution in [3.8, 4) is 5.75 Å². The molecule has 1 heterocycles. The number of carbonyl (C=O) groups is 2. The van der Waals surface area contributed by atoms with E-state index in [1.165, 1.54) is 0 Å². The SMILES string of the molecule is CCNC(=O)c1cc(C(=O)NC)c2c(c1)[C@@H](c1ccccc1)CO2. The van der Waals surface area contributed by atoms with Gasteiger partial charge in [-0.15, -0.1) is 0 Å². The van der Waals surface area contributed by atoms with Gasteiger partial charge in [-0.2, -0.15) is 0 Å². The van der Waals surface area contributed by atoms with E-state index in [-0.39, 0.29) is 17.7 Å². The maximum atomic E-state index is 12.3. The van der Waals surface area contributed by atoms with Crippen LogP contribution in [-0.4, -0.2) is 32.0 Å². The summed E-state index contributed by atoms with van der Waals surface area (Å²) in [6.07, 6.45) is 0. The third-order valence-electron chi connectivity index (χ3n) is 4.16. The molecule has 3 rings (SSSR count). The highest BCUT2D eigenvalue weighted by molar-refractivity contribution is 6.02. The second kappa shape index (κ2) is 6.74. The van der Waals surface area contributed by atoms with Gasteiger partial charge in [-0.3, -0.25) is 9.59 Å². The fraction of sp³-hybridized carbons (Fsp3) is 0.263. The zero-order valence-electron chi connectivity index (χ0n) is 13.8. The fourth-order valence-corrected chi connectivity index (χ4v) is 2.99. The first kappa shape index (κ1) is 16.1. The number of amides is 2. The van der Waals surface area contributed by atoms with Crippen LogP contribution in [0.5, 0.6) is 5.75 Å². The standard InChI is InChI=1S/C19H20N2O3/c1-3-21-18(22)13-9-14-16(12-7-5-4-6-8-12)11-24-17(14)15(10-13)19(23)20-2/h4-10,16H,3,11H2,1-2H3,(H,20,23)(H,21,22)/t16-/m1/s1. The van der Waals surface area contributed by atoms with E-state index in [1.54, 1.807) is 13.1 Å². The summed E-state index contributed by atoms with van der Waals surface area (Å²) in [5.41, 5.74) is 2.85. The zero-order chi connectivity index (χ0) is 17.1. The van der Waals surface area contributed by atoms with Gasteiger partial charge in [0.15, 0.2) is 0 Å². The average molecular weight is 324 g/mol. The molecule has 0 bridgehead atoms. The van der Waals surface area contributed by atoms with E-state index in [1.807, 2.05) is 43.3 Å². The number of ether oxygens (including phenoxy) is 1. The lowest BCUT2D eigenvalue weighted by Crippen LogP contribution is -2.24. The highest BCUT2D eigenvalue weighted by Crippen LogP contribution is 2.41. The molecule has 0 saturated carbocycles. The molecule has 1 aliphatic heterocycles. The van der Waals surface area contributed by atoms with Gasteiger partial charge in [0.2, 0.25) is 0 Å². The maximum Gasteiger partial charge on any atom is 0.254 e. The minimum Gasteiger partial charge on any atom is -0.491 e. The largest absolute Gasteiger partial charge is 0.491 e. The van der Waals surface area contributed by atoms with Gasteiger partial charge in [0.25, 0.3) is 11.8 Å². The first-order valence-corrected chi connectivity index (χ1v) is 8.01. The van der Waals surface area contributed by atoms with Gasteiger partial charge in [-0.25, -0.2) is 0 Å². The Morgan fingerprint density at radius 3 is 2.58 bits per heavy atom. The van der Waals surface area contributed by atoms with Gasteiger partial charge >= 0.3 is 0 Å². The molecule has 5 heteroatoms. The number of fused-ring (bicyclic) bond motifs is 1. The first-order valence-electron chi connectivity index (χ1n) is 8.01. The molecule has 2 N–H and O–H groups in total. The second-order valence-corrected chi connectivity index (χ2v) is 5.66. The van der Waals surface area contributed by atoms with E-state index < -0.39 is 0 Å². The number of hydrogen-bond donors (Lipinski definition) is 2. The fourth-order valence-electron chi connectivity index (χ4n) is 2.99. The average Bonchev–Trinajstić information content (AvgIpc) is 3.05. The Bertz CT molecular complexity index is 772. The molecule has 0 saturated heterocycles. The number of rotatable bonds is 4. The van der Waals surface area contributed by atoms with Gasteiger partial charge in [0.05, 0.1) is 12.2 Å². The van der Waals surface area contributed by atoms with Crippen LogP contribution in [0.1, 0.15) is 44.7 Å². The Hall–Kier alpha value is -2.82. The zero-order valence-corrected chi connectivity index (χ0v) is 13.8. The Morgan fingerprint density at radius 1 is 1.17 bits per heavy atom. The summed E-state index contributed by atoms with van der Waals surface area (Å²) in [7, 11) is 1.57. The summed E-state index contributed by atoms with van der Waals surface area (Å²) in [6, 6.07) is 13.4. The number of carbonyl (C=O) groups excluding carboxylic acids is 2. The summed E-state index contributed by atoms with van der Waals surface area (Å²) in [4.78, 5) is 24.5. The number of benzene rings is 2. The molecule has 1 atom stereocenters. The Morgan fingerprint density at radius 2 is 1.92 bits per heavy atom. The number of nitrogens with one attached hydrogen (secondary N) is 2. The van der Waals surface area contributed by atoms with Gasteiger partial charge in [-0.1, -0.05) is 30.3 Å². The van der Waals surface area contributed by atoms with Crippen LogP contribution >= 0.6 is 0 Å². The molecule has 5 nitrogen and oxygen atoms in total. The van der Waals surface area contributed by atoms with Crippen molar-refractivity contribution in [2.75, 3.05) is 20.2 Å². The molecule has 0 aromatic heterocycles. The second-order valence-electron chi connectivity index (χ2n) is 5.66. The molecular formula is C19H20N2O3. The van der Waals surface area contributed by atoms with Crippen LogP contribution in [0.2, 0.25) is 0 Å². The minimum atomic E-state index is -0.258. The quantitative estimate of drug-likeness (QED) is 0.907. The van der Waals surface area contributed by atoms with E-state index in [2.05, 4.69) is 10.6 Å². The van der Waals surface area contributed by atoms with Crippen LogP contribution < -0.4 is 15.4 Å². The first-order chi connectivity index (χ1) is 11.7. The maximum absolute atomic E-state index is 12.3. The Balaban J connectivity index is 2.11. The summed E-state index contributed by atoms with van der Waals surface area (Å²) in [5.74, 6) is 0.130. The van der Waals surface area contributed by atoms with Crippen LogP contribution in [-0.2, 0) is 0 Å². The van der Waals surface area contributed by atoms with Crippen LogP contribution in [0.15, 0.2) is 42.5 Å². The Kier molecular flexibility index (Phi) is 4.51. The lowest BCUT2D eigenvalue weighted by Gasteiger charge is -2.12. The third-order valence-corrected chi connectivity index (χ3v) is 4.16.